The van der Waals surface area contributed by atoms with Crippen LogP contribution in [0, 0.1) is 0 Å². The maximum absolute atomic E-state index is 5.37. The van der Waals surface area contributed by atoms with Crippen molar-refractivity contribution >= 4 is 11.8 Å². The van der Waals surface area contributed by atoms with Gasteiger partial charge in [0.25, 0.3) is 0 Å². The van der Waals surface area contributed by atoms with Crippen LogP contribution in [0.1, 0.15) is 31.0 Å². The number of fused-ring (bicyclic) bond motifs is 1. The van der Waals surface area contributed by atoms with Crippen LogP contribution in [0.15, 0.2) is 33.9 Å². The minimum absolute atomic E-state index is 0.582. The number of ether oxygens (including phenoxy) is 1. The summed E-state index contributed by atoms with van der Waals surface area (Å²) in [6, 6.07) is 7.59. The Labute approximate surface area is 149 Å². The topological polar surface area (TPSA) is 78.9 Å². The normalized spacial score (nSPS) is 14.1. The number of aromatic nitrogens is 5. The number of rotatable bonds is 5. The monoisotopic (exact) mass is 357 g/mol. The van der Waals surface area contributed by atoms with Crippen molar-refractivity contribution in [2.24, 2.45) is 0 Å². The molecule has 0 unspecified atom stereocenters. The van der Waals surface area contributed by atoms with Gasteiger partial charge in [-0.2, -0.15) is 4.98 Å². The summed E-state index contributed by atoms with van der Waals surface area (Å²) < 4.78 is 12.8. The molecule has 130 valence electrons. The van der Waals surface area contributed by atoms with Crippen molar-refractivity contribution in [2.45, 2.75) is 43.1 Å². The molecule has 0 saturated carbocycles. The molecule has 8 heteroatoms. The molecule has 1 aliphatic rings. The van der Waals surface area contributed by atoms with Crippen molar-refractivity contribution in [1.82, 2.24) is 24.9 Å². The van der Waals surface area contributed by atoms with Gasteiger partial charge in [0.05, 0.1) is 12.9 Å². The van der Waals surface area contributed by atoms with E-state index in [0.29, 0.717) is 17.5 Å². The molecule has 0 bridgehead atoms. The Morgan fingerprint density at radius 3 is 2.88 bits per heavy atom. The summed E-state index contributed by atoms with van der Waals surface area (Å²) >= 11 is 1.59. The van der Waals surface area contributed by atoms with E-state index < -0.39 is 0 Å². The van der Waals surface area contributed by atoms with Crippen LogP contribution in [-0.2, 0) is 18.7 Å². The van der Waals surface area contributed by atoms with Gasteiger partial charge in [0, 0.05) is 18.5 Å². The molecule has 3 heterocycles. The summed E-state index contributed by atoms with van der Waals surface area (Å²) in [6.07, 6.45) is 4.64. The van der Waals surface area contributed by atoms with E-state index in [1.807, 2.05) is 24.3 Å². The summed E-state index contributed by atoms with van der Waals surface area (Å²) in [7, 11) is 1.64. The Kier molecular flexibility index (Phi) is 4.69. The number of thioether (sulfide) groups is 1. The molecular weight excluding hydrogens is 338 g/mol. The van der Waals surface area contributed by atoms with Crippen LogP contribution in [0.25, 0.3) is 11.4 Å². The first-order valence-corrected chi connectivity index (χ1v) is 9.34. The van der Waals surface area contributed by atoms with E-state index in [1.54, 1.807) is 18.9 Å². The largest absolute Gasteiger partial charge is 0.497 e. The second-order valence-electron chi connectivity index (χ2n) is 5.89. The first-order chi connectivity index (χ1) is 12.3. The Balaban J connectivity index is 1.44. The standard InChI is InChI=1S/C17H19N5O2S/c1-23-13-8-6-12(7-9-13)16-18-15(24-21-16)11-25-17-20-19-14-5-3-2-4-10-22(14)17/h6-9H,2-5,10-11H2,1H3. The number of benzene rings is 1. The molecule has 7 nitrogen and oxygen atoms in total. The minimum atomic E-state index is 0.582. The number of hydrogen-bond donors (Lipinski definition) is 0. The van der Waals surface area contributed by atoms with Crippen molar-refractivity contribution in [3.8, 4) is 17.1 Å². The SMILES string of the molecule is COc1ccc(-c2noc(CSc3nnc4n3CCCCC4)n2)cc1. The van der Waals surface area contributed by atoms with Crippen LogP contribution in [-0.4, -0.2) is 32.0 Å². The van der Waals surface area contributed by atoms with E-state index in [1.165, 1.54) is 19.3 Å². The van der Waals surface area contributed by atoms with Gasteiger partial charge in [-0.25, -0.2) is 0 Å². The number of nitrogens with zero attached hydrogens (tertiary/aromatic N) is 5. The van der Waals surface area contributed by atoms with Crippen LogP contribution < -0.4 is 4.74 Å². The zero-order chi connectivity index (χ0) is 17.1. The molecule has 25 heavy (non-hydrogen) atoms. The van der Waals surface area contributed by atoms with E-state index in [0.717, 1.165) is 35.3 Å². The quantitative estimate of drug-likeness (QED) is 0.648. The zero-order valence-corrected chi connectivity index (χ0v) is 14.8. The molecule has 3 aromatic rings. The lowest BCUT2D eigenvalue weighted by atomic mass is 10.2. The Bertz CT molecular complexity index is 843. The summed E-state index contributed by atoms with van der Waals surface area (Å²) in [5.74, 6) is 3.64. The summed E-state index contributed by atoms with van der Waals surface area (Å²) in [4.78, 5) is 4.47. The Hall–Kier alpha value is -2.35. The number of hydrogen-bond acceptors (Lipinski definition) is 7. The fraction of sp³-hybridized carbons (Fsp3) is 0.412. The molecule has 1 aromatic carbocycles. The summed E-state index contributed by atoms with van der Waals surface area (Å²) in [5, 5.41) is 13.6. The summed E-state index contributed by atoms with van der Waals surface area (Å²) in [6.45, 7) is 0.992. The van der Waals surface area contributed by atoms with Gasteiger partial charge in [0.15, 0.2) is 5.16 Å². The van der Waals surface area contributed by atoms with Gasteiger partial charge in [0.1, 0.15) is 11.6 Å². The second-order valence-corrected chi connectivity index (χ2v) is 6.83. The highest BCUT2D eigenvalue weighted by Gasteiger charge is 2.16. The smallest absolute Gasteiger partial charge is 0.237 e. The van der Waals surface area contributed by atoms with Crippen molar-refractivity contribution in [3.05, 3.63) is 36.0 Å². The lowest BCUT2D eigenvalue weighted by molar-refractivity contribution is 0.391. The average Bonchev–Trinajstić information content (AvgIpc) is 3.21. The van der Waals surface area contributed by atoms with Gasteiger partial charge in [-0.1, -0.05) is 23.3 Å². The van der Waals surface area contributed by atoms with E-state index in [-0.39, 0.29) is 0 Å². The highest BCUT2D eigenvalue weighted by atomic mass is 32.2. The highest BCUT2D eigenvalue weighted by Crippen LogP contribution is 2.26. The number of methoxy groups -OCH3 is 1. The molecule has 4 rings (SSSR count). The van der Waals surface area contributed by atoms with Crippen LogP contribution >= 0.6 is 11.8 Å². The van der Waals surface area contributed by atoms with Crippen molar-refractivity contribution in [2.75, 3.05) is 7.11 Å². The maximum atomic E-state index is 5.37. The molecular formula is C17H19N5O2S. The van der Waals surface area contributed by atoms with E-state index in [9.17, 15) is 0 Å². The highest BCUT2D eigenvalue weighted by molar-refractivity contribution is 7.98. The van der Waals surface area contributed by atoms with Crippen LogP contribution in [0.3, 0.4) is 0 Å². The molecule has 0 amide bonds. The third-order valence-corrected chi connectivity index (χ3v) is 5.17. The van der Waals surface area contributed by atoms with Crippen LogP contribution in [0.5, 0.6) is 5.75 Å². The summed E-state index contributed by atoms with van der Waals surface area (Å²) in [5.41, 5.74) is 0.900. The van der Waals surface area contributed by atoms with Gasteiger partial charge in [0.2, 0.25) is 11.7 Å². The fourth-order valence-corrected chi connectivity index (χ4v) is 3.68. The van der Waals surface area contributed by atoms with Crippen LogP contribution in [0.2, 0.25) is 0 Å². The Morgan fingerprint density at radius 1 is 1.16 bits per heavy atom. The van der Waals surface area contributed by atoms with Gasteiger partial charge in [-0.3, -0.25) is 0 Å². The lowest BCUT2D eigenvalue weighted by Gasteiger charge is -2.04. The predicted octanol–water partition coefficient (Wildman–Crippen LogP) is 3.36. The Morgan fingerprint density at radius 2 is 2.04 bits per heavy atom. The first kappa shape index (κ1) is 16.1. The van der Waals surface area contributed by atoms with Crippen molar-refractivity contribution in [3.63, 3.8) is 0 Å². The van der Waals surface area contributed by atoms with E-state index in [4.69, 9.17) is 9.26 Å². The molecule has 0 aliphatic carbocycles. The molecule has 0 saturated heterocycles. The molecule has 0 radical (unpaired) electrons. The van der Waals surface area contributed by atoms with Crippen LogP contribution in [0.4, 0.5) is 0 Å². The molecule has 0 fully saturated rings. The third kappa shape index (κ3) is 3.53. The van der Waals surface area contributed by atoms with Gasteiger partial charge < -0.3 is 13.8 Å². The predicted molar refractivity (Wildman–Crippen MR) is 93.4 cm³/mol. The lowest BCUT2D eigenvalue weighted by Crippen LogP contribution is -2.02. The van der Waals surface area contributed by atoms with Gasteiger partial charge in [-0.05, 0) is 37.1 Å². The van der Waals surface area contributed by atoms with Gasteiger partial charge >= 0.3 is 0 Å². The maximum Gasteiger partial charge on any atom is 0.237 e. The average molecular weight is 357 g/mol. The molecule has 1 aliphatic heterocycles. The molecule has 0 N–H and O–H groups in total. The van der Waals surface area contributed by atoms with Crippen molar-refractivity contribution in [1.29, 1.82) is 0 Å². The second kappa shape index (κ2) is 7.26. The fourth-order valence-electron chi connectivity index (χ4n) is 2.86. The zero-order valence-electron chi connectivity index (χ0n) is 14.0. The van der Waals surface area contributed by atoms with Crippen molar-refractivity contribution < 1.29 is 9.26 Å². The first-order valence-electron chi connectivity index (χ1n) is 8.35. The van der Waals surface area contributed by atoms with Gasteiger partial charge in [-0.15, -0.1) is 10.2 Å². The van der Waals surface area contributed by atoms with E-state index >= 15 is 0 Å². The molecule has 0 atom stereocenters. The third-order valence-electron chi connectivity index (χ3n) is 4.22. The minimum Gasteiger partial charge on any atom is -0.497 e. The molecule has 2 aromatic heterocycles. The number of aryl methyl sites for hydroxylation is 1. The molecule has 0 spiro atoms. The van der Waals surface area contributed by atoms with E-state index in [2.05, 4.69) is 24.9 Å².